The van der Waals surface area contributed by atoms with Crippen molar-refractivity contribution in [1.82, 2.24) is 5.32 Å². The van der Waals surface area contributed by atoms with Gasteiger partial charge in [-0.1, -0.05) is 42.5 Å². The molecule has 0 amide bonds. The SMILES string of the molecule is Cc1ccc(CCC2CNCc3ccccc32)cc1C. The van der Waals surface area contributed by atoms with E-state index in [1.54, 1.807) is 5.56 Å². The molecule has 0 fully saturated rings. The fourth-order valence-corrected chi connectivity index (χ4v) is 3.14. The van der Waals surface area contributed by atoms with E-state index >= 15 is 0 Å². The standard InChI is InChI=1S/C19H23N/c1-14-7-8-16(11-15(14)2)9-10-18-13-20-12-17-5-3-4-6-19(17)18/h3-8,11,18,20H,9-10,12-13H2,1-2H3. The van der Waals surface area contributed by atoms with Crippen molar-refractivity contribution in [2.75, 3.05) is 6.54 Å². The van der Waals surface area contributed by atoms with Gasteiger partial charge in [0.1, 0.15) is 0 Å². The van der Waals surface area contributed by atoms with Gasteiger partial charge in [0.2, 0.25) is 0 Å². The molecule has 2 aromatic rings. The van der Waals surface area contributed by atoms with Crippen LogP contribution in [0.25, 0.3) is 0 Å². The maximum Gasteiger partial charge on any atom is 0.0208 e. The first-order valence-corrected chi connectivity index (χ1v) is 7.58. The Labute approximate surface area is 122 Å². The molecule has 0 bridgehead atoms. The minimum absolute atomic E-state index is 0.654. The van der Waals surface area contributed by atoms with Crippen molar-refractivity contribution < 1.29 is 0 Å². The van der Waals surface area contributed by atoms with Gasteiger partial charge in [-0.15, -0.1) is 0 Å². The van der Waals surface area contributed by atoms with Crippen LogP contribution in [0.5, 0.6) is 0 Å². The molecule has 0 spiro atoms. The second kappa shape index (κ2) is 5.80. The molecule has 0 saturated heterocycles. The lowest BCUT2D eigenvalue weighted by Gasteiger charge is -2.26. The minimum Gasteiger partial charge on any atom is -0.312 e. The molecule has 0 aliphatic carbocycles. The van der Waals surface area contributed by atoms with Crippen LogP contribution in [-0.2, 0) is 13.0 Å². The van der Waals surface area contributed by atoms with Crippen LogP contribution in [0.4, 0.5) is 0 Å². The highest BCUT2D eigenvalue weighted by Gasteiger charge is 2.18. The summed E-state index contributed by atoms with van der Waals surface area (Å²) >= 11 is 0. The first kappa shape index (κ1) is 13.4. The molecule has 0 aromatic heterocycles. The molecule has 1 unspecified atom stereocenters. The Bertz CT molecular complexity index is 600. The number of aryl methyl sites for hydroxylation is 3. The van der Waals surface area contributed by atoms with Crippen molar-refractivity contribution in [3.63, 3.8) is 0 Å². The zero-order valence-corrected chi connectivity index (χ0v) is 12.4. The lowest BCUT2D eigenvalue weighted by molar-refractivity contribution is 0.514. The van der Waals surface area contributed by atoms with Gasteiger partial charge in [0, 0.05) is 13.1 Å². The second-order valence-corrected chi connectivity index (χ2v) is 5.98. The highest BCUT2D eigenvalue weighted by atomic mass is 14.9. The fourth-order valence-electron chi connectivity index (χ4n) is 3.14. The molecule has 1 N–H and O–H groups in total. The van der Waals surface area contributed by atoms with Gasteiger partial charge < -0.3 is 5.32 Å². The maximum absolute atomic E-state index is 3.55. The van der Waals surface area contributed by atoms with Crippen LogP contribution < -0.4 is 5.32 Å². The fraction of sp³-hybridized carbons (Fsp3) is 0.368. The van der Waals surface area contributed by atoms with E-state index in [1.165, 1.54) is 35.1 Å². The predicted molar refractivity (Wildman–Crippen MR) is 85.1 cm³/mol. The van der Waals surface area contributed by atoms with Crippen molar-refractivity contribution in [3.8, 4) is 0 Å². The number of hydrogen-bond donors (Lipinski definition) is 1. The summed E-state index contributed by atoms with van der Waals surface area (Å²) in [5, 5.41) is 3.55. The highest BCUT2D eigenvalue weighted by Crippen LogP contribution is 2.28. The molecule has 1 heteroatoms. The third-order valence-corrected chi connectivity index (χ3v) is 4.55. The van der Waals surface area contributed by atoms with Crippen LogP contribution in [0.3, 0.4) is 0 Å². The number of hydrogen-bond acceptors (Lipinski definition) is 1. The molecule has 20 heavy (non-hydrogen) atoms. The Morgan fingerprint density at radius 1 is 1.05 bits per heavy atom. The topological polar surface area (TPSA) is 12.0 Å². The van der Waals surface area contributed by atoms with Gasteiger partial charge in [-0.3, -0.25) is 0 Å². The second-order valence-electron chi connectivity index (χ2n) is 5.98. The number of benzene rings is 2. The number of fused-ring (bicyclic) bond motifs is 1. The lowest BCUT2D eigenvalue weighted by atomic mass is 9.86. The Hall–Kier alpha value is -1.60. The van der Waals surface area contributed by atoms with E-state index in [9.17, 15) is 0 Å². The summed E-state index contributed by atoms with van der Waals surface area (Å²) in [5.41, 5.74) is 7.29. The molecule has 3 rings (SSSR count). The molecule has 0 radical (unpaired) electrons. The third kappa shape index (κ3) is 2.78. The van der Waals surface area contributed by atoms with Crippen molar-refractivity contribution in [2.24, 2.45) is 0 Å². The Kier molecular flexibility index (Phi) is 3.88. The zero-order valence-electron chi connectivity index (χ0n) is 12.4. The molecule has 1 aliphatic rings. The summed E-state index contributed by atoms with van der Waals surface area (Å²) in [6, 6.07) is 15.8. The minimum atomic E-state index is 0.654. The molecule has 1 atom stereocenters. The Balaban J connectivity index is 1.71. The van der Waals surface area contributed by atoms with Gasteiger partial charge in [-0.2, -0.15) is 0 Å². The number of nitrogens with one attached hydrogen (secondary N) is 1. The lowest BCUT2D eigenvalue weighted by Crippen LogP contribution is -2.28. The molecule has 0 saturated carbocycles. The Morgan fingerprint density at radius 2 is 1.90 bits per heavy atom. The monoisotopic (exact) mass is 265 g/mol. The van der Waals surface area contributed by atoms with Crippen LogP contribution in [0.1, 0.15) is 40.2 Å². The van der Waals surface area contributed by atoms with Crippen LogP contribution >= 0.6 is 0 Å². The number of rotatable bonds is 3. The average Bonchev–Trinajstić information content (AvgIpc) is 2.48. The molecular weight excluding hydrogens is 242 g/mol. The molecule has 1 heterocycles. The van der Waals surface area contributed by atoms with E-state index in [0.717, 1.165) is 13.1 Å². The van der Waals surface area contributed by atoms with Crippen molar-refractivity contribution >= 4 is 0 Å². The van der Waals surface area contributed by atoms with Crippen LogP contribution in [-0.4, -0.2) is 6.54 Å². The van der Waals surface area contributed by atoms with Crippen LogP contribution in [0.2, 0.25) is 0 Å². The highest BCUT2D eigenvalue weighted by molar-refractivity contribution is 5.34. The largest absolute Gasteiger partial charge is 0.312 e. The molecule has 2 aromatic carbocycles. The van der Waals surface area contributed by atoms with E-state index in [2.05, 4.69) is 61.6 Å². The quantitative estimate of drug-likeness (QED) is 0.880. The molecule has 1 aliphatic heterocycles. The maximum atomic E-state index is 3.55. The average molecular weight is 265 g/mol. The van der Waals surface area contributed by atoms with Gasteiger partial charge in [0.25, 0.3) is 0 Å². The van der Waals surface area contributed by atoms with Gasteiger partial charge in [-0.05, 0) is 60.4 Å². The van der Waals surface area contributed by atoms with Crippen molar-refractivity contribution in [1.29, 1.82) is 0 Å². The summed E-state index contributed by atoms with van der Waals surface area (Å²) in [7, 11) is 0. The zero-order chi connectivity index (χ0) is 13.9. The van der Waals surface area contributed by atoms with E-state index in [4.69, 9.17) is 0 Å². The third-order valence-electron chi connectivity index (χ3n) is 4.55. The van der Waals surface area contributed by atoms with Gasteiger partial charge in [0.15, 0.2) is 0 Å². The molecular formula is C19H23N. The predicted octanol–water partition coefficient (Wildman–Crippen LogP) is 4.12. The normalized spacial score (nSPS) is 17.8. The molecule has 104 valence electrons. The summed E-state index contributed by atoms with van der Waals surface area (Å²) in [6.07, 6.45) is 2.40. The first-order chi connectivity index (χ1) is 9.74. The van der Waals surface area contributed by atoms with E-state index in [0.29, 0.717) is 5.92 Å². The Morgan fingerprint density at radius 3 is 2.75 bits per heavy atom. The smallest absolute Gasteiger partial charge is 0.0208 e. The summed E-state index contributed by atoms with van der Waals surface area (Å²) in [5.74, 6) is 0.654. The van der Waals surface area contributed by atoms with Crippen LogP contribution in [0, 0.1) is 13.8 Å². The van der Waals surface area contributed by atoms with Gasteiger partial charge in [0.05, 0.1) is 0 Å². The van der Waals surface area contributed by atoms with E-state index in [-0.39, 0.29) is 0 Å². The van der Waals surface area contributed by atoms with Gasteiger partial charge in [-0.25, -0.2) is 0 Å². The molecule has 1 nitrogen and oxygen atoms in total. The van der Waals surface area contributed by atoms with Gasteiger partial charge >= 0.3 is 0 Å². The van der Waals surface area contributed by atoms with Crippen molar-refractivity contribution in [2.45, 2.75) is 39.2 Å². The summed E-state index contributed by atoms with van der Waals surface area (Å²) < 4.78 is 0. The van der Waals surface area contributed by atoms with Crippen molar-refractivity contribution in [3.05, 3.63) is 70.3 Å². The van der Waals surface area contributed by atoms with E-state index in [1.807, 2.05) is 0 Å². The summed E-state index contributed by atoms with van der Waals surface area (Å²) in [4.78, 5) is 0. The van der Waals surface area contributed by atoms with Crippen LogP contribution in [0.15, 0.2) is 42.5 Å². The first-order valence-electron chi connectivity index (χ1n) is 7.58. The summed E-state index contributed by atoms with van der Waals surface area (Å²) in [6.45, 7) is 6.52. The van der Waals surface area contributed by atoms with E-state index < -0.39 is 0 Å².